The topological polar surface area (TPSA) is 70.5 Å². The van der Waals surface area contributed by atoms with Gasteiger partial charge in [0.25, 0.3) is 0 Å². The van der Waals surface area contributed by atoms with Gasteiger partial charge in [-0.15, -0.1) is 0 Å². The van der Waals surface area contributed by atoms with Crippen LogP contribution in [0.4, 0.5) is 11.4 Å². The maximum absolute atomic E-state index is 6.05. The van der Waals surface area contributed by atoms with Crippen LogP contribution >= 0.6 is 0 Å². The molecule has 4 aromatic rings. The predicted octanol–water partition coefficient (Wildman–Crippen LogP) is 8.32. The third kappa shape index (κ3) is 5.43. The van der Waals surface area contributed by atoms with E-state index in [9.17, 15) is 0 Å². The number of para-hydroxylation sites is 4. The number of ether oxygens (including phenoxy) is 2. The fourth-order valence-corrected chi connectivity index (χ4v) is 4.60. The van der Waals surface area contributed by atoms with Crippen LogP contribution in [0, 0.1) is 0 Å². The molecular weight excluding hydrogens is 432 g/mol. The number of nitrogen functional groups attached to an aromatic ring is 2. The molecule has 4 N–H and O–H groups in total. The van der Waals surface area contributed by atoms with Gasteiger partial charge in [0.05, 0.1) is 11.4 Å². The number of hydrogen-bond acceptors (Lipinski definition) is 4. The first-order chi connectivity index (χ1) is 17.1. The Morgan fingerprint density at radius 1 is 0.600 bits per heavy atom. The maximum atomic E-state index is 6.05. The molecule has 0 heterocycles. The van der Waals surface area contributed by atoms with Gasteiger partial charge in [-0.1, -0.05) is 75.2 Å². The van der Waals surface area contributed by atoms with E-state index in [1.54, 1.807) is 0 Å². The molecule has 0 aliphatic heterocycles. The van der Waals surface area contributed by atoms with Crippen molar-refractivity contribution in [3.05, 3.63) is 108 Å². The Hall–Kier alpha value is -3.92. The minimum Gasteiger partial charge on any atom is -0.455 e. The van der Waals surface area contributed by atoms with Gasteiger partial charge in [-0.05, 0) is 72.5 Å². The molecule has 4 aromatic carbocycles. The fraction of sp³-hybridized carbons (Fsp3) is 0.226. The molecule has 0 unspecified atom stereocenters. The maximum Gasteiger partial charge on any atom is 0.150 e. The Bertz CT molecular complexity index is 1140. The number of rotatable bonds is 10. The van der Waals surface area contributed by atoms with Crippen molar-refractivity contribution in [3.63, 3.8) is 0 Å². The van der Waals surface area contributed by atoms with Crippen molar-refractivity contribution in [1.82, 2.24) is 0 Å². The number of hydrogen-bond donors (Lipinski definition) is 2. The van der Waals surface area contributed by atoms with Crippen molar-refractivity contribution in [2.24, 2.45) is 0 Å². The molecule has 0 saturated heterocycles. The molecule has 0 aliphatic carbocycles. The van der Waals surface area contributed by atoms with E-state index in [-0.39, 0.29) is 5.41 Å². The SMILES string of the molecule is CCCCC(CC)(c1ccc(Oc2ccccc2N)cc1)c1ccc(Oc2ccccc2N)cc1. The average Bonchev–Trinajstić information content (AvgIpc) is 2.89. The molecule has 0 amide bonds. The molecule has 0 spiro atoms. The lowest BCUT2D eigenvalue weighted by molar-refractivity contribution is 0.434. The summed E-state index contributed by atoms with van der Waals surface area (Å²) >= 11 is 0. The molecule has 0 saturated carbocycles. The molecule has 0 radical (unpaired) electrons. The van der Waals surface area contributed by atoms with Crippen LogP contribution in [0.2, 0.25) is 0 Å². The Morgan fingerprint density at radius 3 is 1.40 bits per heavy atom. The average molecular weight is 467 g/mol. The van der Waals surface area contributed by atoms with Crippen LogP contribution in [0.5, 0.6) is 23.0 Å². The van der Waals surface area contributed by atoms with Crippen LogP contribution < -0.4 is 20.9 Å². The first-order valence-electron chi connectivity index (χ1n) is 12.3. The van der Waals surface area contributed by atoms with Crippen LogP contribution in [0.15, 0.2) is 97.1 Å². The smallest absolute Gasteiger partial charge is 0.150 e. The molecule has 0 atom stereocenters. The van der Waals surface area contributed by atoms with E-state index in [0.717, 1.165) is 37.2 Å². The summed E-state index contributed by atoms with van der Waals surface area (Å²) < 4.78 is 12.1. The Balaban J connectivity index is 1.61. The summed E-state index contributed by atoms with van der Waals surface area (Å²) in [5, 5.41) is 0. The minimum absolute atomic E-state index is 0.0926. The quantitative estimate of drug-likeness (QED) is 0.230. The second-order valence-corrected chi connectivity index (χ2v) is 8.87. The molecule has 0 aliphatic rings. The van der Waals surface area contributed by atoms with Gasteiger partial charge in [-0.2, -0.15) is 0 Å². The molecule has 4 rings (SSSR count). The summed E-state index contributed by atoms with van der Waals surface area (Å²) in [4.78, 5) is 0. The second-order valence-electron chi connectivity index (χ2n) is 8.87. The highest BCUT2D eigenvalue weighted by molar-refractivity contribution is 5.55. The molecular formula is C31H34N2O2. The largest absolute Gasteiger partial charge is 0.455 e. The van der Waals surface area contributed by atoms with Crippen molar-refractivity contribution in [1.29, 1.82) is 0 Å². The molecule has 0 bridgehead atoms. The first kappa shape index (κ1) is 24.2. The number of benzene rings is 4. The van der Waals surface area contributed by atoms with E-state index in [2.05, 4.69) is 38.1 Å². The zero-order valence-corrected chi connectivity index (χ0v) is 20.5. The summed E-state index contributed by atoms with van der Waals surface area (Å²) in [6.45, 7) is 4.50. The number of unbranched alkanes of at least 4 members (excludes halogenated alkanes) is 1. The lowest BCUT2D eigenvalue weighted by atomic mass is 9.69. The van der Waals surface area contributed by atoms with E-state index in [0.29, 0.717) is 22.9 Å². The van der Waals surface area contributed by atoms with Crippen LogP contribution in [-0.4, -0.2) is 0 Å². The highest BCUT2D eigenvalue weighted by Gasteiger charge is 2.32. The Kier molecular flexibility index (Phi) is 7.61. The standard InChI is InChI=1S/C31H34N2O2/c1-3-5-22-31(4-2,23-14-18-25(19-15-23)34-29-12-8-6-10-27(29)32)24-16-20-26(21-17-24)35-30-13-9-7-11-28(30)33/h6-21H,3-5,22,32-33H2,1-2H3. The van der Waals surface area contributed by atoms with Gasteiger partial charge in [0.1, 0.15) is 23.0 Å². The van der Waals surface area contributed by atoms with Crippen LogP contribution in [0.3, 0.4) is 0 Å². The molecule has 35 heavy (non-hydrogen) atoms. The molecule has 4 nitrogen and oxygen atoms in total. The Labute approximate surface area is 208 Å². The van der Waals surface area contributed by atoms with Gasteiger partial charge < -0.3 is 20.9 Å². The van der Waals surface area contributed by atoms with E-state index in [1.807, 2.05) is 72.8 Å². The molecule has 4 heteroatoms. The van der Waals surface area contributed by atoms with Gasteiger partial charge in [0.2, 0.25) is 0 Å². The van der Waals surface area contributed by atoms with E-state index < -0.39 is 0 Å². The third-order valence-corrected chi connectivity index (χ3v) is 6.67. The summed E-state index contributed by atoms with van der Waals surface area (Å²) in [7, 11) is 0. The van der Waals surface area contributed by atoms with Gasteiger partial charge in [0.15, 0.2) is 0 Å². The normalized spacial score (nSPS) is 11.3. The van der Waals surface area contributed by atoms with Crippen molar-refractivity contribution in [3.8, 4) is 23.0 Å². The lowest BCUT2D eigenvalue weighted by Gasteiger charge is -2.35. The van der Waals surface area contributed by atoms with Gasteiger partial charge in [0, 0.05) is 5.41 Å². The first-order valence-corrected chi connectivity index (χ1v) is 12.3. The lowest BCUT2D eigenvalue weighted by Crippen LogP contribution is -2.27. The van der Waals surface area contributed by atoms with E-state index >= 15 is 0 Å². The van der Waals surface area contributed by atoms with Crippen molar-refractivity contribution >= 4 is 11.4 Å². The molecule has 0 aromatic heterocycles. The molecule has 180 valence electrons. The zero-order valence-electron chi connectivity index (χ0n) is 20.5. The summed E-state index contributed by atoms with van der Waals surface area (Å²) in [5.41, 5.74) is 15.8. The van der Waals surface area contributed by atoms with E-state index in [4.69, 9.17) is 20.9 Å². The van der Waals surface area contributed by atoms with E-state index in [1.165, 1.54) is 11.1 Å². The van der Waals surface area contributed by atoms with Crippen LogP contribution in [0.25, 0.3) is 0 Å². The summed E-state index contributed by atoms with van der Waals surface area (Å²) in [6.07, 6.45) is 4.35. The number of nitrogens with two attached hydrogens (primary N) is 2. The van der Waals surface area contributed by atoms with Crippen molar-refractivity contribution in [2.75, 3.05) is 11.5 Å². The third-order valence-electron chi connectivity index (χ3n) is 6.67. The Morgan fingerprint density at radius 2 is 1.03 bits per heavy atom. The second kappa shape index (κ2) is 11.0. The van der Waals surface area contributed by atoms with Crippen LogP contribution in [-0.2, 0) is 5.41 Å². The number of anilines is 2. The monoisotopic (exact) mass is 466 g/mol. The van der Waals surface area contributed by atoms with Gasteiger partial charge in [-0.25, -0.2) is 0 Å². The summed E-state index contributed by atoms with van der Waals surface area (Å²) in [5.74, 6) is 2.89. The zero-order chi connectivity index (χ0) is 24.7. The van der Waals surface area contributed by atoms with Crippen molar-refractivity contribution < 1.29 is 9.47 Å². The summed E-state index contributed by atoms with van der Waals surface area (Å²) in [6, 6.07) is 32.0. The van der Waals surface area contributed by atoms with Crippen molar-refractivity contribution in [2.45, 2.75) is 44.9 Å². The predicted molar refractivity (Wildman–Crippen MR) is 145 cm³/mol. The van der Waals surface area contributed by atoms with Gasteiger partial charge in [-0.3, -0.25) is 0 Å². The fourth-order valence-electron chi connectivity index (χ4n) is 4.60. The minimum atomic E-state index is -0.0926. The van der Waals surface area contributed by atoms with Gasteiger partial charge >= 0.3 is 0 Å². The van der Waals surface area contributed by atoms with Crippen LogP contribution in [0.1, 0.15) is 50.7 Å². The highest BCUT2D eigenvalue weighted by atomic mass is 16.5. The highest BCUT2D eigenvalue weighted by Crippen LogP contribution is 2.42. The molecule has 0 fully saturated rings.